The molecule has 0 spiro atoms. The number of nitrogens with one attached hydrogen (secondary N) is 3. The summed E-state index contributed by atoms with van der Waals surface area (Å²) in [6, 6.07) is 20.5. The van der Waals surface area contributed by atoms with Crippen molar-refractivity contribution in [3.8, 4) is 0 Å². The number of rotatable bonds is 6. The van der Waals surface area contributed by atoms with E-state index in [0.717, 1.165) is 16.7 Å². The summed E-state index contributed by atoms with van der Waals surface area (Å²) in [5, 5.41) is 5.50. The molecule has 1 unspecified atom stereocenters. The van der Waals surface area contributed by atoms with Gasteiger partial charge < -0.3 is 10.6 Å². The topological polar surface area (TPSA) is 87.3 Å². The van der Waals surface area contributed by atoms with Crippen LogP contribution >= 0.6 is 0 Å². The van der Waals surface area contributed by atoms with E-state index in [1.54, 1.807) is 61.5 Å². The lowest BCUT2D eigenvalue weighted by atomic mass is 10.1. The average Bonchev–Trinajstić information content (AvgIpc) is 2.71. The fourth-order valence-electron chi connectivity index (χ4n) is 2.92. The van der Waals surface area contributed by atoms with Crippen molar-refractivity contribution in [2.75, 3.05) is 10.6 Å². The Morgan fingerprint density at radius 3 is 2.00 bits per heavy atom. The van der Waals surface area contributed by atoms with Gasteiger partial charge >= 0.3 is 6.03 Å². The van der Waals surface area contributed by atoms with Crippen LogP contribution < -0.4 is 15.4 Å². The summed E-state index contributed by atoms with van der Waals surface area (Å²) in [5.41, 5.74) is 4.06. The van der Waals surface area contributed by atoms with Crippen molar-refractivity contribution >= 4 is 27.4 Å². The Morgan fingerprint density at radius 2 is 1.40 bits per heavy atom. The molecule has 0 aliphatic rings. The van der Waals surface area contributed by atoms with E-state index in [-0.39, 0.29) is 10.9 Å². The zero-order valence-electron chi connectivity index (χ0n) is 17.1. The number of anilines is 2. The van der Waals surface area contributed by atoms with E-state index in [2.05, 4.69) is 15.4 Å². The third-order valence-electron chi connectivity index (χ3n) is 4.82. The fraction of sp³-hybridized carbons (Fsp3) is 0.174. The molecular formula is C23H25N3O3S. The third kappa shape index (κ3) is 5.46. The predicted molar refractivity (Wildman–Crippen MR) is 120 cm³/mol. The van der Waals surface area contributed by atoms with Gasteiger partial charge in [0.1, 0.15) is 0 Å². The van der Waals surface area contributed by atoms with Crippen LogP contribution in [0.2, 0.25) is 0 Å². The van der Waals surface area contributed by atoms with Gasteiger partial charge in [-0.05, 0) is 73.9 Å². The highest BCUT2D eigenvalue weighted by Gasteiger charge is 2.19. The van der Waals surface area contributed by atoms with Crippen LogP contribution in [-0.2, 0) is 10.0 Å². The van der Waals surface area contributed by atoms with E-state index >= 15 is 0 Å². The Balaban J connectivity index is 1.63. The van der Waals surface area contributed by atoms with Gasteiger partial charge in [0.25, 0.3) is 0 Å². The standard InChI is InChI=1S/C23H25N3O3S/c1-16-9-14-22(15-17(16)2)30(28,29)26-18(3)19-10-12-21(13-11-19)25-23(27)24-20-7-5-4-6-8-20/h4-15,18,26H,1-3H3,(H2,24,25,27). The molecule has 0 saturated heterocycles. The third-order valence-corrected chi connectivity index (χ3v) is 6.36. The van der Waals surface area contributed by atoms with Crippen LogP contribution in [0, 0.1) is 13.8 Å². The molecule has 0 saturated carbocycles. The number of benzene rings is 3. The Hall–Kier alpha value is -3.16. The van der Waals surface area contributed by atoms with E-state index in [1.165, 1.54) is 0 Å². The summed E-state index contributed by atoms with van der Waals surface area (Å²) in [6.45, 7) is 5.61. The van der Waals surface area contributed by atoms with Gasteiger partial charge in [0.15, 0.2) is 0 Å². The number of urea groups is 1. The Kier molecular flexibility index (Phi) is 6.54. The van der Waals surface area contributed by atoms with Crippen LogP contribution in [0.25, 0.3) is 0 Å². The number of hydrogen-bond acceptors (Lipinski definition) is 3. The van der Waals surface area contributed by atoms with Gasteiger partial charge in [-0.2, -0.15) is 0 Å². The van der Waals surface area contributed by atoms with Crippen molar-refractivity contribution in [1.82, 2.24) is 4.72 Å². The minimum atomic E-state index is -3.64. The van der Waals surface area contributed by atoms with Crippen molar-refractivity contribution in [2.45, 2.75) is 31.7 Å². The molecule has 2 amide bonds. The number of sulfonamides is 1. The Morgan fingerprint density at radius 1 is 0.800 bits per heavy atom. The van der Waals surface area contributed by atoms with Crippen molar-refractivity contribution < 1.29 is 13.2 Å². The van der Waals surface area contributed by atoms with E-state index in [9.17, 15) is 13.2 Å². The normalized spacial score (nSPS) is 12.2. The Bertz CT molecular complexity index is 1130. The molecule has 7 heteroatoms. The van der Waals surface area contributed by atoms with Crippen molar-refractivity contribution in [1.29, 1.82) is 0 Å². The lowest BCUT2D eigenvalue weighted by Gasteiger charge is -2.16. The second kappa shape index (κ2) is 9.11. The summed E-state index contributed by atoms with van der Waals surface area (Å²) >= 11 is 0. The highest BCUT2D eigenvalue weighted by molar-refractivity contribution is 7.89. The summed E-state index contributed by atoms with van der Waals surface area (Å²) in [6.07, 6.45) is 0. The molecule has 0 heterocycles. The molecule has 0 radical (unpaired) electrons. The van der Waals surface area contributed by atoms with Gasteiger partial charge in [-0.3, -0.25) is 0 Å². The lowest BCUT2D eigenvalue weighted by Crippen LogP contribution is -2.27. The van der Waals surface area contributed by atoms with Gasteiger partial charge in [0.05, 0.1) is 4.90 Å². The van der Waals surface area contributed by atoms with E-state index in [0.29, 0.717) is 11.4 Å². The highest BCUT2D eigenvalue weighted by atomic mass is 32.2. The smallest absolute Gasteiger partial charge is 0.308 e. The molecular weight excluding hydrogens is 398 g/mol. The number of amides is 2. The first kappa shape index (κ1) is 21.5. The molecule has 0 aromatic heterocycles. The lowest BCUT2D eigenvalue weighted by molar-refractivity contribution is 0.262. The SMILES string of the molecule is Cc1ccc(S(=O)(=O)NC(C)c2ccc(NC(=O)Nc3ccccc3)cc2)cc1C. The molecule has 3 rings (SSSR count). The van der Waals surface area contributed by atoms with Gasteiger partial charge in [-0.1, -0.05) is 36.4 Å². The van der Waals surface area contributed by atoms with Crippen LogP contribution in [0.1, 0.15) is 29.7 Å². The maximum absolute atomic E-state index is 12.7. The molecule has 3 N–H and O–H groups in total. The van der Waals surface area contributed by atoms with E-state index in [1.807, 2.05) is 32.0 Å². The minimum absolute atomic E-state index is 0.244. The highest BCUT2D eigenvalue weighted by Crippen LogP contribution is 2.21. The molecule has 156 valence electrons. The quantitative estimate of drug-likeness (QED) is 0.522. The summed E-state index contributed by atoms with van der Waals surface area (Å²) in [5.74, 6) is 0. The number of carbonyl (C=O) groups excluding carboxylic acids is 1. The second-order valence-corrected chi connectivity index (χ2v) is 8.87. The average molecular weight is 424 g/mol. The largest absolute Gasteiger partial charge is 0.323 e. The first-order valence-electron chi connectivity index (χ1n) is 9.57. The van der Waals surface area contributed by atoms with Gasteiger partial charge in [0.2, 0.25) is 10.0 Å². The maximum atomic E-state index is 12.7. The number of aryl methyl sites for hydroxylation is 2. The van der Waals surface area contributed by atoms with Crippen LogP contribution in [0.15, 0.2) is 77.7 Å². The predicted octanol–water partition coefficient (Wildman–Crippen LogP) is 4.99. The van der Waals surface area contributed by atoms with Crippen LogP contribution in [-0.4, -0.2) is 14.4 Å². The fourth-order valence-corrected chi connectivity index (χ4v) is 4.24. The second-order valence-electron chi connectivity index (χ2n) is 7.16. The van der Waals surface area contributed by atoms with Crippen molar-refractivity contribution in [2.24, 2.45) is 0 Å². The zero-order valence-corrected chi connectivity index (χ0v) is 18.0. The molecule has 3 aromatic rings. The molecule has 0 fully saturated rings. The van der Waals surface area contributed by atoms with Crippen LogP contribution in [0.5, 0.6) is 0 Å². The number of para-hydroxylation sites is 1. The molecule has 6 nitrogen and oxygen atoms in total. The summed E-state index contributed by atoms with van der Waals surface area (Å²) in [4.78, 5) is 12.3. The molecule has 3 aromatic carbocycles. The first-order chi connectivity index (χ1) is 14.2. The maximum Gasteiger partial charge on any atom is 0.323 e. The van der Waals surface area contributed by atoms with Gasteiger partial charge in [0, 0.05) is 17.4 Å². The van der Waals surface area contributed by atoms with E-state index < -0.39 is 16.1 Å². The summed E-state index contributed by atoms with van der Waals surface area (Å²) < 4.78 is 28.1. The molecule has 30 heavy (non-hydrogen) atoms. The molecule has 0 bridgehead atoms. The minimum Gasteiger partial charge on any atom is -0.308 e. The molecule has 1 atom stereocenters. The number of hydrogen-bond donors (Lipinski definition) is 3. The van der Waals surface area contributed by atoms with Crippen LogP contribution in [0.4, 0.5) is 16.2 Å². The zero-order chi connectivity index (χ0) is 21.7. The number of carbonyl (C=O) groups is 1. The Labute approximate surface area is 177 Å². The van der Waals surface area contributed by atoms with Gasteiger partial charge in [-0.25, -0.2) is 17.9 Å². The molecule has 0 aliphatic heterocycles. The van der Waals surface area contributed by atoms with Crippen LogP contribution in [0.3, 0.4) is 0 Å². The summed E-state index contributed by atoms with van der Waals surface area (Å²) in [7, 11) is -3.64. The van der Waals surface area contributed by atoms with Gasteiger partial charge in [-0.15, -0.1) is 0 Å². The monoisotopic (exact) mass is 423 g/mol. The van der Waals surface area contributed by atoms with E-state index in [4.69, 9.17) is 0 Å². The first-order valence-corrected chi connectivity index (χ1v) is 11.1. The molecule has 0 aliphatic carbocycles. The van der Waals surface area contributed by atoms with Crippen molar-refractivity contribution in [3.63, 3.8) is 0 Å². The van der Waals surface area contributed by atoms with Crippen molar-refractivity contribution in [3.05, 3.63) is 89.5 Å².